The fourth-order valence-electron chi connectivity index (χ4n) is 3.62. The van der Waals surface area contributed by atoms with Crippen molar-refractivity contribution in [3.63, 3.8) is 0 Å². The highest BCUT2D eigenvalue weighted by Gasteiger charge is 2.30. The van der Waals surface area contributed by atoms with Gasteiger partial charge in [0, 0.05) is 59.0 Å². The van der Waals surface area contributed by atoms with Crippen molar-refractivity contribution in [2.45, 2.75) is 44.2 Å². The van der Waals surface area contributed by atoms with E-state index in [1.165, 1.54) is 45.2 Å². The molecule has 2 aliphatic rings. The number of guanidine groups is 1. The maximum Gasteiger partial charge on any atom is 0.191 e. The Morgan fingerprint density at radius 1 is 1.25 bits per heavy atom. The zero-order valence-electron chi connectivity index (χ0n) is 15.6. The van der Waals surface area contributed by atoms with Crippen LogP contribution in [0.5, 0.6) is 0 Å². The van der Waals surface area contributed by atoms with Gasteiger partial charge in [0.15, 0.2) is 5.96 Å². The molecule has 0 aromatic heterocycles. The van der Waals surface area contributed by atoms with E-state index in [1.54, 1.807) is 7.11 Å². The summed E-state index contributed by atoms with van der Waals surface area (Å²) in [6.07, 6.45) is 6.85. The summed E-state index contributed by atoms with van der Waals surface area (Å²) in [6, 6.07) is 1.37. The average molecular weight is 453 g/mol. The predicted octanol–water partition coefficient (Wildman–Crippen LogP) is 1.36. The SMILES string of the molecule is CN=C(NCCN(C)CCOC)NC1CCN(C2CCCC2)C1.I. The van der Waals surface area contributed by atoms with E-state index in [0.717, 1.165) is 38.2 Å². The van der Waals surface area contributed by atoms with Gasteiger partial charge in [-0.25, -0.2) is 0 Å². The van der Waals surface area contributed by atoms with Gasteiger partial charge >= 0.3 is 0 Å². The summed E-state index contributed by atoms with van der Waals surface area (Å²) in [5.41, 5.74) is 0. The lowest BCUT2D eigenvalue weighted by molar-refractivity contribution is 0.162. The molecular weight excluding hydrogens is 417 g/mol. The topological polar surface area (TPSA) is 52.1 Å². The molecule has 2 rings (SSSR count). The lowest BCUT2D eigenvalue weighted by Crippen LogP contribution is -2.47. The summed E-state index contributed by atoms with van der Waals surface area (Å²) in [4.78, 5) is 9.31. The van der Waals surface area contributed by atoms with E-state index >= 15 is 0 Å². The van der Waals surface area contributed by atoms with Crippen LogP contribution in [0.1, 0.15) is 32.1 Å². The molecule has 1 aliphatic heterocycles. The molecule has 0 bridgehead atoms. The van der Waals surface area contributed by atoms with Gasteiger partial charge in [-0.05, 0) is 26.3 Å². The molecule has 1 saturated carbocycles. The molecule has 0 aromatic carbocycles. The third-order valence-corrected chi connectivity index (χ3v) is 5.09. The molecule has 7 heteroatoms. The lowest BCUT2D eigenvalue weighted by Gasteiger charge is -2.24. The van der Waals surface area contributed by atoms with Crippen molar-refractivity contribution in [1.82, 2.24) is 20.4 Å². The molecule has 0 amide bonds. The van der Waals surface area contributed by atoms with E-state index in [-0.39, 0.29) is 24.0 Å². The third kappa shape index (κ3) is 7.41. The Hall–Kier alpha value is -0.120. The Morgan fingerprint density at radius 3 is 2.67 bits per heavy atom. The van der Waals surface area contributed by atoms with E-state index < -0.39 is 0 Å². The maximum atomic E-state index is 5.10. The average Bonchev–Trinajstić information content (AvgIpc) is 3.23. The van der Waals surface area contributed by atoms with Crippen LogP contribution in [0.4, 0.5) is 0 Å². The molecule has 1 saturated heterocycles. The number of nitrogens with one attached hydrogen (secondary N) is 2. The standard InChI is InChI=1S/C17H35N5O.HI/c1-18-17(19-9-11-21(2)12-13-23-3)20-15-8-10-22(14-15)16-6-4-5-7-16;/h15-16H,4-14H2,1-3H3,(H2,18,19,20);1H. The molecular formula is C17H36IN5O. The van der Waals surface area contributed by atoms with Crippen LogP contribution in [0.25, 0.3) is 0 Å². The predicted molar refractivity (Wildman–Crippen MR) is 112 cm³/mol. The number of hydrogen-bond donors (Lipinski definition) is 2. The van der Waals surface area contributed by atoms with E-state index in [1.807, 2.05) is 7.05 Å². The highest BCUT2D eigenvalue weighted by atomic mass is 127. The number of nitrogens with zero attached hydrogens (tertiary/aromatic N) is 3. The van der Waals surface area contributed by atoms with Crippen LogP contribution in [0.15, 0.2) is 4.99 Å². The number of halogens is 1. The second-order valence-electron chi connectivity index (χ2n) is 6.86. The van der Waals surface area contributed by atoms with Gasteiger partial charge in [-0.1, -0.05) is 12.8 Å². The number of likely N-dealkylation sites (tertiary alicyclic amines) is 1. The first-order valence-electron chi connectivity index (χ1n) is 9.11. The second kappa shape index (κ2) is 12.3. The van der Waals surface area contributed by atoms with Crippen molar-refractivity contribution in [1.29, 1.82) is 0 Å². The van der Waals surface area contributed by atoms with Gasteiger partial charge in [0.25, 0.3) is 0 Å². The van der Waals surface area contributed by atoms with Crippen molar-refractivity contribution in [2.24, 2.45) is 4.99 Å². The molecule has 1 atom stereocenters. The first-order chi connectivity index (χ1) is 11.2. The molecule has 142 valence electrons. The minimum Gasteiger partial charge on any atom is -0.383 e. The molecule has 1 unspecified atom stereocenters. The first kappa shape index (κ1) is 21.9. The zero-order valence-corrected chi connectivity index (χ0v) is 17.9. The van der Waals surface area contributed by atoms with E-state index in [0.29, 0.717) is 6.04 Å². The normalized spacial score (nSPS) is 22.8. The minimum atomic E-state index is 0. The first-order valence-corrected chi connectivity index (χ1v) is 9.11. The van der Waals surface area contributed by atoms with Gasteiger partial charge in [0.2, 0.25) is 0 Å². The van der Waals surface area contributed by atoms with Crippen LogP contribution in [0, 0.1) is 0 Å². The quantitative estimate of drug-likeness (QED) is 0.330. The number of methoxy groups -OCH3 is 1. The summed E-state index contributed by atoms with van der Waals surface area (Å²) >= 11 is 0. The fourth-order valence-corrected chi connectivity index (χ4v) is 3.62. The van der Waals surface area contributed by atoms with Gasteiger partial charge in [-0.2, -0.15) is 0 Å². The molecule has 0 spiro atoms. The molecule has 0 aromatic rings. The van der Waals surface area contributed by atoms with Crippen LogP contribution < -0.4 is 10.6 Å². The molecule has 24 heavy (non-hydrogen) atoms. The smallest absolute Gasteiger partial charge is 0.191 e. The van der Waals surface area contributed by atoms with Crippen molar-refractivity contribution in [3.8, 4) is 0 Å². The largest absolute Gasteiger partial charge is 0.383 e. The summed E-state index contributed by atoms with van der Waals surface area (Å²) in [5.74, 6) is 0.934. The Kier molecular flexibility index (Phi) is 11.2. The molecule has 1 heterocycles. The van der Waals surface area contributed by atoms with Crippen molar-refractivity contribution in [3.05, 3.63) is 0 Å². The highest BCUT2D eigenvalue weighted by Crippen LogP contribution is 2.26. The van der Waals surface area contributed by atoms with Crippen LogP contribution in [0.3, 0.4) is 0 Å². The van der Waals surface area contributed by atoms with E-state index in [4.69, 9.17) is 4.74 Å². The number of likely N-dealkylation sites (N-methyl/N-ethyl adjacent to an activating group) is 1. The van der Waals surface area contributed by atoms with Gasteiger partial charge in [-0.15, -0.1) is 24.0 Å². The van der Waals surface area contributed by atoms with Crippen molar-refractivity contribution < 1.29 is 4.74 Å². The summed E-state index contributed by atoms with van der Waals surface area (Å²) in [7, 11) is 5.72. The maximum absolute atomic E-state index is 5.10. The van der Waals surface area contributed by atoms with E-state index in [9.17, 15) is 0 Å². The summed E-state index contributed by atoms with van der Waals surface area (Å²) < 4.78 is 5.10. The molecule has 0 radical (unpaired) electrons. The number of ether oxygens (including phenoxy) is 1. The monoisotopic (exact) mass is 453 g/mol. The molecule has 6 nitrogen and oxygen atoms in total. The van der Waals surface area contributed by atoms with Gasteiger partial charge in [0.05, 0.1) is 6.61 Å². The lowest BCUT2D eigenvalue weighted by atomic mass is 10.2. The van der Waals surface area contributed by atoms with Gasteiger partial charge in [-0.3, -0.25) is 9.89 Å². The second-order valence-corrected chi connectivity index (χ2v) is 6.86. The third-order valence-electron chi connectivity index (χ3n) is 5.09. The van der Waals surface area contributed by atoms with Gasteiger partial charge in [0.1, 0.15) is 0 Å². The fraction of sp³-hybridized carbons (Fsp3) is 0.941. The zero-order chi connectivity index (χ0) is 16.5. The molecule has 2 fully saturated rings. The number of aliphatic imine (C=N–C) groups is 1. The minimum absolute atomic E-state index is 0. The van der Waals surface area contributed by atoms with Gasteiger partial charge < -0.3 is 20.3 Å². The van der Waals surface area contributed by atoms with Crippen LogP contribution in [-0.4, -0.2) is 88.4 Å². The Balaban J connectivity index is 0.00000288. The van der Waals surface area contributed by atoms with Crippen molar-refractivity contribution >= 4 is 29.9 Å². The van der Waals surface area contributed by atoms with Crippen LogP contribution in [-0.2, 0) is 4.74 Å². The highest BCUT2D eigenvalue weighted by molar-refractivity contribution is 14.0. The Morgan fingerprint density at radius 2 is 2.00 bits per heavy atom. The van der Waals surface area contributed by atoms with Crippen molar-refractivity contribution in [2.75, 3.05) is 60.5 Å². The Bertz CT molecular complexity index is 363. The molecule has 1 aliphatic carbocycles. The summed E-state index contributed by atoms with van der Waals surface area (Å²) in [5, 5.41) is 7.02. The number of hydrogen-bond acceptors (Lipinski definition) is 4. The number of rotatable bonds is 8. The Labute approximate surface area is 164 Å². The van der Waals surface area contributed by atoms with Crippen LogP contribution in [0.2, 0.25) is 0 Å². The van der Waals surface area contributed by atoms with E-state index in [2.05, 4.69) is 32.5 Å². The summed E-state index contributed by atoms with van der Waals surface area (Å²) in [6.45, 7) is 6.03. The van der Waals surface area contributed by atoms with Crippen LogP contribution >= 0.6 is 24.0 Å². The molecule has 2 N–H and O–H groups in total.